The van der Waals surface area contributed by atoms with Crippen molar-refractivity contribution in [3.05, 3.63) is 54.0 Å². The lowest BCUT2D eigenvalue weighted by Gasteiger charge is -2.15. The number of aromatic nitrogens is 4. The van der Waals surface area contributed by atoms with Crippen molar-refractivity contribution < 1.29 is 19.0 Å². The van der Waals surface area contributed by atoms with Gasteiger partial charge in [-0.25, -0.2) is 0 Å². The fraction of sp³-hybridized carbons (Fsp3) is 0.280. The number of rotatable bonds is 7. The van der Waals surface area contributed by atoms with Crippen molar-refractivity contribution in [2.75, 3.05) is 32.7 Å². The SMILES string of the molecule is CNC(=O)c1ccc(Nc2nc(O[C@H]3CCOC3)c3c(-c4ccnc(C)c4)c[nH]c3n2)c(OC)c1. The second-order valence-corrected chi connectivity index (χ2v) is 8.19. The maximum absolute atomic E-state index is 12.0. The summed E-state index contributed by atoms with van der Waals surface area (Å²) in [5.41, 5.74) is 4.56. The second kappa shape index (κ2) is 9.59. The van der Waals surface area contributed by atoms with Gasteiger partial charge in [0.25, 0.3) is 5.91 Å². The number of methoxy groups -OCH3 is 1. The van der Waals surface area contributed by atoms with E-state index in [1.165, 1.54) is 0 Å². The van der Waals surface area contributed by atoms with Crippen LogP contribution in [-0.2, 0) is 4.74 Å². The molecular weight excluding hydrogens is 448 g/mol. The van der Waals surface area contributed by atoms with Gasteiger partial charge in [-0.1, -0.05) is 0 Å². The highest BCUT2D eigenvalue weighted by Crippen LogP contribution is 2.36. The first kappa shape index (κ1) is 22.6. The summed E-state index contributed by atoms with van der Waals surface area (Å²) in [5.74, 6) is 1.07. The van der Waals surface area contributed by atoms with Gasteiger partial charge < -0.3 is 29.8 Å². The molecular formula is C25H26N6O4. The van der Waals surface area contributed by atoms with E-state index in [4.69, 9.17) is 19.2 Å². The molecule has 1 fully saturated rings. The highest BCUT2D eigenvalue weighted by molar-refractivity contribution is 5.98. The number of nitrogens with zero attached hydrogens (tertiary/aromatic N) is 3. The van der Waals surface area contributed by atoms with Crippen molar-refractivity contribution in [2.45, 2.75) is 19.4 Å². The fourth-order valence-corrected chi connectivity index (χ4v) is 4.05. The molecule has 3 aromatic heterocycles. The monoisotopic (exact) mass is 474 g/mol. The number of hydrogen-bond acceptors (Lipinski definition) is 8. The zero-order valence-corrected chi connectivity index (χ0v) is 19.7. The topological polar surface area (TPSA) is 123 Å². The van der Waals surface area contributed by atoms with Crippen LogP contribution < -0.4 is 20.1 Å². The van der Waals surface area contributed by atoms with Crippen LogP contribution in [0.3, 0.4) is 0 Å². The molecule has 3 N–H and O–H groups in total. The molecule has 180 valence electrons. The molecule has 1 aliphatic rings. The number of aryl methyl sites for hydroxylation is 1. The van der Waals surface area contributed by atoms with Crippen LogP contribution >= 0.6 is 0 Å². The number of nitrogens with one attached hydrogen (secondary N) is 3. The summed E-state index contributed by atoms with van der Waals surface area (Å²) in [5, 5.41) is 6.60. The average Bonchev–Trinajstić information content (AvgIpc) is 3.54. The summed E-state index contributed by atoms with van der Waals surface area (Å²) in [6, 6.07) is 9.07. The zero-order chi connectivity index (χ0) is 24.4. The molecule has 10 heteroatoms. The summed E-state index contributed by atoms with van der Waals surface area (Å²) in [7, 11) is 3.12. The van der Waals surface area contributed by atoms with E-state index < -0.39 is 0 Å². The Kier molecular flexibility index (Phi) is 6.19. The predicted molar refractivity (Wildman–Crippen MR) is 131 cm³/mol. The van der Waals surface area contributed by atoms with E-state index in [2.05, 4.69) is 25.6 Å². The number of anilines is 2. The van der Waals surface area contributed by atoms with Gasteiger partial charge in [-0.05, 0) is 42.8 Å². The van der Waals surface area contributed by atoms with Gasteiger partial charge >= 0.3 is 0 Å². The Bertz CT molecular complexity index is 1380. The number of amides is 1. The molecule has 1 saturated heterocycles. The van der Waals surface area contributed by atoms with Crippen LogP contribution in [0.2, 0.25) is 0 Å². The van der Waals surface area contributed by atoms with Crippen molar-refractivity contribution in [3.63, 3.8) is 0 Å². The highest BCUT2D eigenvalue weighted by atomic mass is 16.5. The molecule has 0 saturated carbocycles. The number of H-pyrrole nitrogens is 1. The summed E-state index contributed by atoms with van der Waals surface area (Å²) >= 11 is 0. The van der Waals surface area contributed by atoms with Crippen molar-refractivity contribution >= 4 is 28.6 Å². The number of fused-ring (bicyclic) bond motifs is 1. The highest BCUT2D eigenvalue weighted by Gasteiger charge is 2.23. The van der Waals surface area contributed by atoms with Crippen molar-refractivity contribution in [1.29, 1.82) is 0 Å². The van der Waals surface area contributed by atoms with E-state index in [1.54, 1.807) is 38.6 Å². The van der Waals surface area contributed by atoms with Crippen LogP contribution in [0.5, 0.6) is 11.6 Å². The number of hydrogen-bond donors (Lipinski definition) is 3. The van der Waals surface area contributed by atoms with Gasteiger partial charge in [-0.2, -0.15) is 9.97 Å². The third kappa shape index (κ3) is 4.60. The van der Waals surface area contributed by atoms with Crippen LogP contribution in [0.25, 0.3) is 22.2 Å². The number of aromatic amines is 1. The minimum absolute atomic E-state index is 0.0933. The first-order valence-corrected chi connectivity index (χ1v) is 11.3. The number of pyridine rings is 1. The second-order valence-electron chi connectivity index (χ2n) is 8.19. The molecule has 0 radical (unpaired) electrons. The molecule has 0 unspecified atom stereocenters. The Morgan fingerprint density at radius 2 is 2.11 bits per heavy atom. The van der Waals surface area contributed by atoms with E-state index >= 15 is 0 Å². The fourth-order valence-electron chi connectivity index (χ4n) is 4.05. The number of benzene rings is 1. The van der Waals surface area contributed by atoms with E-state index in [1.807, 2.05) is 25.3 Å². The molecule has 0 aliphatic carbocycles. The Hall–Kier alpha value is -4.18. The Morgan fingerprint density at radius 3 is 2.86 bits per heavy atom. The van der Waals surface area contributed by atoms with E-state index in [0.717, 1.165) is 28.6 Å². The number of carbonyl (C=O) groups is 1. The third-order valence-electron chi connectivity index (χ3n) is 5.81. The summed E-state index contributed by atoms with van der Waals surface area (Å²) in [6.45, 7) is 3.12. The van der Waals surface area contributed by atoms with E-state index in [-0.39, 0.29) is 12.0 Å². The van der Waals surface area contributed by atoms with Gasteiger partial charge in [0.15, 0.2) is 0 Å². The molecule has 0 spiro atoms. The molecule has 5 rings (SSSR count). The largest absolute Gasteiger partial charge is 0.495 e. The maximum atomic E-state index is 12.0. The Labute approximate surface area is 202 Å². The first-order valence-electron chi connectivity index (χ1n) is 11.3. The first-order chi connectivity index (χ1) is 17.1. The molecule has 35 heavy (non-hydrogen) atoms. The minimum atomic E-state index is -0.202. The lowest BCUT2D eigenvalue weighted by atomic mass is 10.1. The summed E-state index contributed by atoms with van der Waals surface area (Å²) < 4.78 is 17.3. The van der Waals surface area contributed by atoms with Crippen molar-refractivity contribution in [2.24, 2.45) is 0 Å². The van der Waals surface area contributed by atoms with Crippen LogP contribution in [0.1, 0.15) is 22.5 Å². The van der Waals surface area contributed by atoms with Crippen molar-refractivity contribution in [1.82, 2.24) is 25.3 Å². The standard InChI is InChI=1S/C25H26N6O4/c1-14-10-15(6-8-27-14)18-12-28-22-21(18)24(35-17-7-9-34-13-17)31-25(30-22)29-19-5-4-16(23(32)26-2)11-20(19)33-3/h4-6,8,10-12,17H,7,9,13H2,1-3H3,(H,26,32)(H2,28,29,30,31)/t17-/m0/s1. The lowest BCUT2D eigenvalue weighted by molar-refractivity contribution is 0.0962. The lowest BCUT2D eigenvalue weighted by Crippen LogP contribution is -2.18. The van der Waals surface area contributed by atoms with E-state index in [9.17, 15) is 4.79 Å². The average molecular weight is 475 g/mol. The van der Waals surface area contributed by atoms with Gasteiger partial charge in [0, 0.05) is 42.7 Å². The number of ether oxygens (including phenoxy) is 3. The van der Waals surface area contributed by atoms with Crippen LogP contribution in [0.4, 0.5) is 11.6 Å². The van der Waals surface area contributed by atoms with Gasteiger partial charge in [-0.15, -0.1) is 0 Å². The van der Waals surface area contributed by atoms with Crippen molar-refractivity contribution in [3.8, 4) is 22.8 Å². The van der Waals surface area contributed by atoms with Crippen LogP contribution in [0.15, 0.2) is 42.7 Å². The molecule has 0 bridgehead atoms. The summed E-state index contributed by atoms with van der Waals surface area (Å²) in [4.78, 5) is 29.0. The van der Waals surface area contributed by atoms with Crippen LogP contribution in [0, 0.1) is 6.92 Å². The molecule has 1 aromatic carbocycles. The van der Waals surface area contributed by atoms with Gasteiger partial charge in [-0.3, -0.25) is 9.78 Å². The minimum Gasteiger partial charge on any atom is -0.495 e. The summed E-state index contributed by atoms with van der Waals surface area (Å²) in [6.07, 6.45) is 4.37. The van der Waals surface area contributed by atoms with Crippen LogP contribution in [-0.4, -0.2) is 59.3 Å². The number of carbonyl (C=O) groups excluding carboxylic acids is 1. The van der Waals surface area contributed by atoms with Gasteiger partial charge in [0.1, 0.15) is 17.5 Å². The molecule has 1 atom stereocenters. The molecule has 4 heterocycles. The Balaban J connectivity index is 1.56. The zero-order valence-electron chi connectivity index (χ0n) is 19.7. The molecule has 1 aliphatic heterocycles. The molecule has 10 nitrogen and oxygen atoms in total. The smallest absolute Gasteiger partial charge is 0.251 e. The van der Waals surface area contributed by atoms with E-state index in [0.29, 0.717) is 47.7 Å². The van der Waals surface area contributed by atoms with Gasteiger partial charge in [0.05, 0.1) is 31.4 Å². The molecule has 4 aromatic rings. The van der Waals surface area contributed by atoms with Gasteiger partial charge in [0.2, 0.25) is 11.8 Å². The predicted octanol–water partition coefficient (Wildman–Crippen LogP) is 3.61. The maximum Gasteiger partial charge on any atom is 0.251 e. The quantitative estimate of drug-likeness (QED) is 0.371. The third-order valence-corrected chi connectivity index (χ3v) is 5.81. The molecule has 1 amide bonds. The Morgan fingerprint density at radius 1 is 1.23 bits per heavy atom. The normalized spacial score (nSPS) is 15.2.